The Morgan fingerprint density at radius 3 is 3.00 bits per heavy atom. The van der Waals surface area contributed by atoms with Crippen molar-refractivity contribution >= 4 is 17.5 Å². The van der Waals surface area contributed by atoms with E-state index in [-0.39, 0.29) is 6.61 Å². The number of aryl methyl sites for hydroxylation is 1. The molecule has 0 fully saturated rings. The molecule has 0 spiro atoms. The maximum absolute atomic E-state index is 11.9. The summed E-state index contributed by atoms with van der Waals surface area (Å²) in [6.45, 7) is 4.74. The molecule has 8 heteroatoms. The molecule has 2 aromatic heterocycles. The van der Waals surface area contributed by atoms with Crippen molar-refractivity contribution in [2.75, 3.05) is 19.8 Å². The van der Waals surface area contributed by atoms with Crippen LogP contribution in [0.1, 0.15) is 22.5 Å². The van der Waals surface area contributed by atoms with Crippen LogP contribution in [0.15, 0.2) is 10.7 Å². The predicted octanol–water partition coefficient (Wildman–Crippen LogP) is 1.69. The number of aromatic nitrogens is 3. The van der Waals surface area contributed by atoms with Gasteiger partial charge in [0.25, 0.3) is 0 Å². The topological polar surface area (TPSA) is 87.3 Å². The second-order valence-electron chi connectivity index (χ2n) is 3.54. The van der Waals surface area contributed by atoms with Gasteiger partial charge >= 0.3 is 5.97 Å². The molecule has 0 bridgehead atoms. The summed E-state index contributed by atoms with van der Waals surface area (Å²) in [4.78, 5) is 16.3. The van der Waals surface area contributed by atoms with E-state index in [1.165, 1.54) is 6.26 Å². The molecule has 0 radical (unpaired) electrons. The van der Waals surface area contributed by atoms with Crippen LogP contribution in [0.3, 0.4) is 0 Å². The molecular weight excluding hydrogens is 270 g/mol. The van der Waals surface area contributed by atoms with Gasteiger partial charge < -0.3 is 13.9 Å². The average molecular weight is 283 g/mol. The van der Waals surface area contributed by atoms with Gasteiger partial charge in [-0.1, -0.05) is 4.49 Å². The van der Waals surface area contributed by atoms with Crippen LogP contribution in [0.4, 0.5) is 0 Å². The Morgan fingerprint density at radius 2 is 2.32 bits per heavy atom. The predicted molar refractivity (Wildman–Crippen MR) is 66.9 cm³/mol. The lowest BCUT2D eigenvalue weighted by atomic mass is 10.3. The number of oxazole rings is 1. The summed E-state index contributed by atoms with van der Waals surface area (Å²) in [5.41, 5.74) is 0.853. The highest BCUT2D eigenvalue weighted by atomic mass is 32.1. The third kappa shape index (κ3) is 3.36. The maximum Gasteiger partial charge on any atom is 0.352 e. The van der Waals surface area contributed by atoms with Crippen molar-refractivity contribution in [3.8, 4) is 11.4 Å². The molecule has 0 aliphatic heterocycles. The Morgan fingerprint density at radius 1 is 1.47 bits per heavy atom. The number of hydrogen-bond acceptors (Lipinski definition) is 8. The number of carbonyl (C=O) groups is 1. The van der Waals surface area contributed by atoms with E-state index in [1.807, 2.05) is 6.92 Å². The molecule has 0 saturated heterocycles. The summed E-state index contributed by atoms with van der Waals surface area (Å²) >= 11 is 0.967. The van der Waals surface area contributed by atoms with Crippen LogP contribution in [0.2, 0.25) is 0 Å². The van der Waals surface area contributed by atoms with Crippen molar-refractivity contribution in [3.05, 3.63) is 17.0 Å². The third-order valence-corrected chi connectivity index (χ3v) is 2.91. The first-order valence-corrected chi connectivity index (χ1v) is 6.49. The van der Waals surface area contributed by atoms with Crippen LogP contribution >= 0.6 is 11.5 Å². The Labute approximate surface area is 113 Å². The molecular formula is C11H13N3O4S. The molecule has 19 heavy (non-hydrogen) atoms. The second kappa shape index (κ2) is 6.39. The van der Waals surface area contributed by atoms with E-state index in [1.54, 1.807) is 6.92 Å². The lowest BCUT2D eigenvalue weighted by Crippen LogP contribution is -2.10. The summed E-state index contributed by atoms with van der Waals surface area (Å²) in [6.07, 6.45) is 1.43. The molecule has 0 aromatic carbocycles. The van der Waals surface area contributed by atoms with Crippen LogP contribution in [0.5, 0.6) is 0 Å². The molecule has 102 valence electrons. The van der Waals surface area contributed by atoms with Gasteiger partial charge in [-0.3, -0.25) is 0 Å². The van der Waals surface area contributed by atoms with E-state index in [2.05, 4.69) is 14.6 Å². The van der Waals surface area contributed by atoms with E-state index in [0.29, 0.717) is 35.4 Å². The normalized spacial score (nSPS) is 10.6. The van der Waals surface area contributed by atoms with Gasteiger partial charge in [0.1, 0.15) is 24.3 Å². The number of rotatable bonds is 6. The Balaban J connectivity index is 2.05. The van der Waals surface area contributed by atoms with E-state index in [9.17, 15) is 4.79 Å². The number of ether oxygens (including phenoxy) is 2. The Bertz CT molecular complexity index is 552. The first-order valence-electron chi connectivity index (χ1n) is 5.72. The van der Waals surface area contributed by atoms with Crippen molar-refractivity contribution < 1.29 is 18.7 Å². The smallest absolute Gasteiger partial charge is 0.352 e. The van der Waals surface area contributed by atoms with E-state index < -0.39 is 5.97 Å². The fourth-order valence-corrected chi connectivity index (χ4v) is 1.94. The number of hydrogen-bond donors (Lipinski definition) is 0. The number of carbonyl (C=O) groups excluding carboxylic acids is 1. The zero-order chi connectivity index (χ0) is 13.7. The summed E-state index contributed by atoms with van der Waals surface area (Å²) in [5.74, 6) is 0.0176. The molecule has 0 saturated carbocycles. The highest BCUT2D eigenvalue weighted by Crippen LogP contribution is 2.23. The minimum atomic E-state index is -0.481. The van der Waals surface area contributed by atoms with Gasteiger partial charge in [0.2, 0.25) is 0 Å². The monoisotopic (exact) mass is 283 g/mol. The molecule has 0 N–H and O–H groups in total. The highest BCUT2D eigenvalue weighted by molar-refractivity contribution is 7.08. The number of nitrogens with zero attached hydrogens (tertiary/aromatic N) is 3. The van der Waals surface area contributed by atoms with Crippen molar-refractivity contribution in [1.29, 1.82) is 0 Å². The molecule has 0 unspecified atom stereocenters. The standard InChI is InChI=1S/C11H13N3O4S/c1-3-16-4-5-17-11(15)10-9(13-14-19-10)8-6-18-7(2)12-8/h6H,3-5H2,1-2H3. The van der Waals surface area contributed by atoms with Gasteiger partial charge in [0.05, 0.1) is 6.61 Å². The molecule has 0 amide bonds. The summed E-state index contributed by atoms with van der Waals surface area (Å²) < 4.78 is 19.0. The van der Waals surface area contributed by atoms with E-state index >= 15 is 0 Å². The van der Waals surface area contributed by atoms with Gasteiger partial charge in [0, 0.05) is 13.5 Å². The quantitative estimate of drug-likeness (QED) is 0.589. The fourth-order valence-electron chi connectivity index (χ4n) is 1.37. The van der Waals surface area contributed by atoms with E-state index in [4.69, 9.17) is 13.9 Å². The highest BCUT2D eigenvalue weighted by Gasteiger charge is 2.21. The summed E-state index contributed by atoms with van der Waals surface area (Å²) in [6, 6.07) is 0. The molecule has 0 aliphatic rings. The molecule has 0 aliphatic carbocycles. The first-order chi connectivity index (χ1) is 9.22. The number of esters is 1. The van der Waals surface area contributed by atoms with Crippen molar-refractivity contribution in [2.24, 2.45) is 0 Å². The SMILES string of the molecule is CCOCCOC(=O)c1snnc1-c1coc(C)n1. The van der Waals surface area contributed by atoms with Gasteiger partial charge in [-0.2, -0.15) is 0 Å². The minimum absolute atomic E-state index is 0.196. The molecule has 0 atom stereocenters. The maximum atomic E-state index is 11.9. The van der Waals surface area contributed by atoms with Gasteiger partial charge in [-0.25, -0.2) is 9.78 Å². The largest absolute Gasteiger partial charge is 0.459 e. The molecule has 2 heterocycles. The minimum Gasteiger partial charge on any atom is -0.459 e. The second-order valence-corrected chi connectivity index (χ2v) is 4.29. The van der Waals surface area contributed by atoms with E-state index in [0.717, 1.165) is 11.5 Å². The molecule has 7 nitrogen and oxygen atoms in total. The van der Waals surface area contributed by atoms with Crippen LogP contribution in [0, 0.1) is 6.92 Å². The third-order valence-electron chi connectivity index (χ3n) is 2.20. The van der Waals surface area contributed by atoms with Crippen molar-refractivity contribution in [2.45, 2.75) is 13.8 Å². The summed E-state index contributed by atoms with van der Waals surface area (Å²) in [5, 5.41) is 3.88. The lowest BCUT2D eigenvalue weighted by molar-refractivity contribution is 0.0341. The Kier molecular flexibility index (Phi) is 4.58. The zero-order valence-corrected chi connectivity index (χ0v) is 11.4. The zero-order valence-electron chi connectivity index (χ0n) is 10.6. The molecule has 2 rings (SSSR count). The average Bonchev–Trinajstić information content (AvgIpc) is 3.02. The van der Waals surface area contributed by atoms with Gasteiger partial charge in [0.15, 0.2) is 10.8 Å². The lowest BCUT2D eigenvalue weighted by Gasteiger charge is -2.03. The van der Waals surface area contributed by atoms with Crippen molar-refractivity contribution in [1.82, 2.24) is 14.6 Å². The van der Waals surface area contributed by atoms with Gasteiger partial charge in [-0.15, -0.1) is 5.10 Å². The van der Waals surface area contributed by atoms with Crippen LogP contribution in [-0.2, 0) is 9.47 Å². The van der Waals surface area contributed by atoms with Crippen molar-refractivity contribution in [3.63, 3.8) is 0 Å². The summed E-state index contributed by atoms with van der Waals surface area (Å²) in [7, 11) is 0. The fraction of sp³-hybridized carbons (Fsp3) is 0.455. The first kappa shape index (κ1) is 13.6. The Hall–Kier alpha value is -1.80. The van der Waals surface area contributed by atoms with Crippen LogP contribution in [-0.4, -0.2) is 40.4 Å². The van der Waals surface area contributed by atoms with Gasteiger partial charge in [-0.05, 0) is 18.5 Å². The van der Waals surface area contributed by atoms with Crippen LogP contribution < -0.4 is 0 Å². The van der Waals surface area contributed by atoms with Crippen LogP contribution in [0.25, 0.3) is 11.4 Å². The molecule has 2 aromatic rings.